The van der Waals surface area contributed by atoms with E-state index >= 15 is 0 Å². The van der Waals surface area contributed by atoms with E-state index in [9.17, 15) is 25.2 Å². The molecule has 2 rings (SSSR count). The zero-order valence-corrected chi connectivity index (χ0v) is 28.9. The predicted molar refractivity (Wildman–Crippen MR) is 186 cm³/mol. The Morgan fingerprint density at radius 3 is 1.96 bits per heavy atom. The van der Waals surface area contributed by atoms with E-state index in [0.717, 1.165) is 24.0 Å². The first kappa shape index (κ1) is 38.2. The number of carbonyl (C=O) groups excluding carboxylic acids is 1. The molecule has 5 atom stereocenters. The van der Waals surface area contributed by atoms with Crippen molar-refractivity contribution in [3.63, 3.8) is 0 Å². The Morgan fingerprint density at radius 1 is 0.844 bits per heavy atom. The van der Waals surface area contributed by atoms with Gasteiger partial charge in [-0.1, -0.05) is 112 Å². The highest BCUT2D eigenvalue weighted by Crippen LogP contribution is 2.46. The summed E-state index contributed by atoms with van der Waals surface area (Å²) in [5, 5.41) is 40.9. The molecule has 0 saturated heterocycles. The summed E-state index contributed by atoms with van der Waals surface area (Å²) in [7, 11) is 0. The minimum Gasteiger partial charge on any atom is -0.393 e. The molecule has 2 saturated carbocycles. The number of ketones is 1. The average molecular weight is 617 g/mol. The van der Waals surface area contributed by atoms with Crippen molar-refractivity contribution in [2.75, 3.05) is 6.61 Å². The first-order chi connectivity index (χ1) is 20.9. The Morgan fingerprint density at radius 2 is 1.42 bits per heavy atom. The molecular weight excluding hydrogens is 560 g/mol. The summed E-state index contributed by atoms with van der Waals surface area (Å²) in [6.07, 6.45) is 22.1. The Labute approximate surface area is 272 Å². The van der Waals surface area contributed by atoms with Crippen molar-refractivity contribution in [1.82, 2.24) is 0 Å². The van der Waals surface area contributed by atoms with Crippen molar-refractivity contribution in [3.8, 4) is 11.8 Å². The van der Waals surface area contributed by atoms with Crippen LogP contribution in [0, 0.1) is 34.5 Å². The molecule has 0 spiro atoms. The minimum atomic E-state index is -1.22. The summed E-state index contributed by atoms with van der Waals surface area (Å²) in [6, 6.07) is 0. The fourth-order valence-electron chi connectivity index (χ4n) is 6.73. The van der Waals surface area contributed by atoms with Crippen molar-refractivity contribution in [2.45, 2.75) is 106 Å². The Hall–Kier alpha value is -3.01. The topological polar surface area (TPSA) is 98.0 Å². The van der Waals surface area contributed by atoms with Gasteiger partial charge in [-0.3, -0.25) is 4.79 Å². The third kappa shape index (κ3) is 12.0. The Kier molecular flexibility index (Phi) is 14.0. The molecule has 2 aliphatic carbocycles. The number of hydrogen-bond acceptors (Lipinski definition) is 5. The Balaban J connectivity index is 1.98. The highest BCUT2D eigenvalue weighted by molar-refractivity contribution is 6.04. The molecule has 4 N–H and O–H groups in total. The van der Waals surface area contributed by atoms with E-state index < -0.39 is 17.1 Å². The lowest BCUT2D eigenvalue weighted by molar-refractivity contribution is -0.111. The third-order valence-corrected chi connectivity index (χ3v) is 8.92. The van der Waals surface area contributed by atoms with Gasteiger partial charge in [-0.2, -0.15) is 0 Å². The molecule has 0 radical (unpaired) electrons. The number of aliphatic hydroxyl groups is 4. The number of allylic oxidation sites excluding steroid dienone is 14. The van der Waals surface area contributed by atoms with Gasteiger partial charge >= 0.3 is 0 Å². The summed E-state index contributed by atoms with van der Waals surface area (Å²) in [5.41, 5.74) is 2.22. The molecule has 45 heavy (non-hydrogen) atoms. The standard InChI is InChI=1S/C40H56O5/c1-28(16-12-18-30(3)36(44)23-37-39(7,8)25-34(43)26-40(37,9)45)14-10-11-15-29(2)17-13-19-32(27-41)20-21-35-31(4)22-33(42)24-38(35,5)6/h10-19,23,31,33-35,41-43,45H,22,24-27H2,1-9H3/b11-10+,16-12+,17-13+,28-14+,29-15+,30-18+,32-19-,37-23+/t31?,33-,34+,35?,40-/m1/s1. The van der Waals surface area contributed by atoms with Crippen molar-refractivity contribution in [1.29, 1.82) is 0 Å². The van der Waals surface area contributed by atoms with Gasteiger partial charge in [0.05, 0.1) is 24.4 Å². The molecule has 0 aromatic heterocycles. The van der Waals surface area contributed by atoms with Crippen LogP contribution in [0.3, 0.4) is 0 Å². The van der Waals surface area contributed by atoms with E-state index in [0.29, 0.717) is 29.1 Å². The van der Waals surface area contributed by atoms with Gasteiger partial charge in [0.15, 0.2) is 5.78 Å². The second kappa shape index (κ2) is 16.5. The summed E-state index contributed by atoms with van der Waals surface area (Å²) in [6.45, 7) is 17.6. The third-order valence-electron chi connectivity index (χ3n) is 8.92. The van der Waals surface area contributed by atoms with Crippen molar-refractivity contribution in [3.05, 3.63) is 94.7 Å². The maximum atomic E-state index is 12.9. The molecule has 2 aliphatic rings. The second-order valence-corrected chi connectivity index (χ2v) is 14.6. The highest BCUT2D eigenvalue weighted by Gasteiger charge is 2.44. The van der Waals surface area contributed by atoms with Crippen LogP contribution in [0.25, 0.3) is 0 Å². The van der Waals surface area contributed by atoms with Crippen LogP contribution in [-0.2, 0) is 4.79 Å². The van der Waals surface area contributed by atoms with Gasteiger partial charge in [-0.05, 0) is 87.0 Å². The fraction of sp³-hybridized carbons (Fsp3) is 0.525. The van der Waals surface area contributed by atoms with Gasteiger partial charge in [0.2, 0.25) is 0 Å². The normalized spacial score (nSPS) is 30.7. The molecule has 246 valence electrons. The van der Waals surface area contributed by atoms with Crippen molar-refractivity contribution < 1.29 is 25.2 Å². The predicted octanol–water partition coefficient (Wildman–Crippen LogP) is 7.28. The first-order valence-corrected chi connectivity index (χ1v) is 16.1. The summed E-state index contributed by atoms with van der Waals surface area (Å²) in [4.78, 5) is 12.9. The molecule has 0 aromatic rings. The van der Waals surface area contributed by atoms with Gasteiger partial charge in [-0.25, -0.2) is 0 Å². The lowest BCUT2D eigenvalue weighted by Crippen LogP contribution is -2.45. The van der Waals surface area contributed by atoms with Crippen LogP contribution in [0.4, 0.5) is 0 Å². The monoisotopic (exact) mass is 616 g/mol. The van der Waals surface area contributed by atoms with Crippen molar-refractivity contribution in [2.24, 2.45) is 22.7 Å². The van der Waals surface area contributed by atoms with Crippen LogP contribution in [-0.4, -0.2) is 50.6 Å². The smallest absolute Gasteiger partial charge is 0.181 e. The van der Waals surface area contributed by atoms with Crippen LogP contribution < -0.4 is 0 Å². The maximum absolute atomic E-state index is 12.9. The molecule has 2 unspecified atom stereocenters. The van der Waals surface area contributed by atoms with Gasteiger partial charge in [-0.15, -0.1) is 0 Å². The van der Waals surface area contributed by atoms with Crippen LogP contribution in [0.5, 0.6) is 0 Å². The van der Waals surface area contributed by atoms with Crippen molar-refractivity contribution >= 4 is 5.78 Å². The molecule has 0 heterocycles. The summed E-state index contributed by atoms with van der Waals surface area (Å²) < 4.78 is 0. The van der Waals surface area contributed by atoms with Crippen LogP contribution in [0.1, 0.15) is 88.0 Å². The lowest BCUT2D eigenvalue weighted by Gasteiger charge is -2.45. The largest absolute Gasteiger partial charge is 0.393 e. The Bertz CT molecular complexity index is 1340. The van der Waals surface area contributed by atoms with E-state index in [-0.39, 0.29) is 36.2 Å². The van der Waals surface area contributed by atoms with E-state index in [1.54, 1.807) is 26.0 Å². The van der Waals surface area contributed by atoms with Crippen LogP contribution in [0.2, 0.25) is 0 Å². The quantitative estimate of drug-likeness (QED) is 0.124. The zero-order valence-electron chi connectivity index (χ0n) is 28.9. The number of rotatable bonds is 9. The van der Waals surface area contributed by atoms with Gasteiger partial charge < -0.3 is 20.4 Å². The molecule has 0 aliphatic heterocycles. The number of carbonyl (C=O) groups is 1. The number of hydrogen-bond donors (Lipinski definition) is 4. The van der Waals surface area contributed by atoms with E-state index in [1.165, 1.54) is 0 Å². The molecular formula is C40H56O5. The summed E-state index contributed by atoms with van der Waals surface area (Å²) >= 11 is 0. The van der Waals surface area contributed by atoms with Crippen LogP contribution >= 0.6 is 0 Å². The van der Waals surface area contributed by atoms with Gasteiger partial charge in [0, 0.05) is 17.9 Å². The van der Waals surface area contributed by atoms with Gasteiger partial charge in [0.25, 0.3) is 0 Å². The maximum Gasteiger partial charge on any atom is 0.181 e. The lowest BCUT2D eigenvalue weighted by atomic mass is 9.63. The summed E-state index contributed by atoms with van der Waals surface area (Å²) in [5.74, 6) is 6.88. The molecule has 5 nitrogen and oxygen atoms in total. The van der Waals surface area contributed by atoms with E-state index in [4.69, 9.17) is 0 Å². The van der Waals surface area contributed by atoms with E-state index in [2.05, 4.69) is 32.6 Å². The number of aliphatic hydroxyl groups excluding tert-OH is 3. The second-order valence-electron chi connectivity index (χ2n) is 14.6. The van der Waals surface area contributed by atoms with Gasteiger partial charge in [0.1, 0.15) is 0 Å². The minimum absolute atomic E-state index is 0.0656. The molecule has 0 bridgehead atoms. The zero-order chi connectivity index (χ0) is 34.0. The average Bonchev–Trinajstić information content (AvgIpc) is 2.90. The molecule has 0 amide bonds. The van der Waals surface area contributed by atoms with E-state index in [1.807, 2.05) is 82.4 Å². The SMILES string of the molecule is CC(/C=C/C=C(/C#CC1C(C)C[C@@H](O)CC1(C)C)CO)=C\C=C\C=C(C)\C=C\C=C(/C)C(=O)/C=C1\C(C)(C)C[C@H](O)C[C@@]1(C)O. The highest BCUT2D eigenvalue weighted by atomic mass is 16.3. The molecule has 0 aromatic carbocycles. The first-order valence-electron chi connectivity index (χ1n) is 16.1. The molecule has 5 heteroatoms. The molecule has 2 fully saturated rings. The van der Waals surface area contributed by atoms with Crippen LogP contribution in [0.15, 0.2) is 94.7 Å². The fourth-order valence-corrected chi connectivity index (χ4v) is 6.73.